The summed E-state index contributed by atoms with van der Waals surface area (Å²) in [5, 5.41) is 2.31. The topological polar surface area (TPSA) is 80.6 Å². The molecule has 1 aliphatic rings. The third-order valence-corrected chi connectivity index (χ3v) is 8.12. The molecule has 1 unspecified atom stereocenters. The van der Waals surface area contributed by atoms with Crippen LogP contribution >= 0.6 is 34.7 Å². The van der Waals surface area contributed by atoms with Crippen molar-refractivity contribution in [3.63, 3.8) is 0 Å². The number of benzene rings is 1. The molecule has 3 heterocycles. The monoisotopic (exact) mass is 484 g/mol. The van der Waals surface area contributed by atoms with Gasteiger partial charge >= 0.3 is 0 Å². The van der Waals surface area contributed by atoms with Gasteiger partial charge in [-0.15, -0.1) is 17.9 Å². The van der Waals surface area contributed by atoms with Crippen molar-refractivity contribution < 1.29 is 0 Å². The highest BCUT2D eigenvalue weighted by atomic mass is 35.5. The van der Waals surface area contributed by atoms with Gasteiger partial charge in [0, 0.05) is 16.4 Å². The fraction of sp³-hybridized carbons (Fsp3) is 0.304. The van der Waals surface area contributed by atoms with Crippen LogP contribution < -0.4 is 11.1 Å². The van der Waals surface area contributed by atoms with Gasteiger partial charge in [0.1, 0.15) is 10.7 Å². The van der Waals surface area contributed by atoms with Crippen LogP contribution in [0.15, 0.2) is 45.6 Å². The molecule has 1 aliphatic carbocycles. The molecule has 6 nitrogen and oxygen atoms in total. The Balaban J connectivity index is 1.51. The van der Waals surface area contributed by atoms with Crippen LogP contribution in [0.1, 0.15) is 29.6 Å². The van der Waals surface area contributed by atoms with Crippen LogP contribution in [0.2, 0.25) is 5.02 Å². The van der Waals surface area contributed by atoms with Gasteiger partial charge in [-0.25, -0.2) is 9.97 Å². The Labute approximate surface area is 197 Å². The predicted molar refractivity (Wildman–Crippen MR) is 132 cm³/mol. The minimum Gasteiger partial charge on any atom is -0.309 e. The summed E-state index contributed by atoms with van der Waals surface area (Å²) in [6.07, 6.45) is 4.72. The van der Waals surface area contributed by atoms with Crippen molar-refractivity contribution in [2.45, 2.75) is 43.6 Å². The Hall–Kier alpha value is -2.42. The maximum absolute atomic E-state index is 13.0. The molecule has 4 aromatic rings. The maximum Gasteiger partial charge on any atom is 0.262 e. The quantitative estimate of drug-likeness (QED) is 0.246. The molecular formula is C23H21ClN4O2S2. The second kappa shape index (κ2) is 8.50. The molecule has 0 spiro atoms. The number of hydrogen-bond donors (Lipinski definition) is 1. The summed E-state index contributed by atoms with van der Waals surface area (Å²) < 4.78 is 1.58. The first-order valence-corrected chi connectivity index (χ1v) is 12.6. The van der Waals surface area contributed by atoms with Gasteiger partial charge in [0.25, 0.3) is 11.1 Å². The van der Waals surface area contributed by atoms with Crippen LogP contribution in [0.4, 0.5) is 0 Å². The number of aryl methyl sites for hydroxylation is 1. The number of nitrogens with one attached hydrogen (secondary N) is 1. The number of H-pyrrole nitrogens is 1. The molecule has 164 valence electrons. The highest BCUT2D eigenvalue weighted by Gasteiger charge is 2.23. The first-order valence-electron chi connectivity index (χ1n) is 10.4. The molecular weight excluding hydrogens is 464 g/mol. The lowest BCUT2D eigenvalue weighted by molar-refractivity contribution is 0.509. The van der Waals surface area contributed by atoms with Crippen molar-refractivity contribution in [1.29, 1.82) is 0 Å². The molecule has 0 aliphatic heterocycles. The summed E-state index contributed by atoms with van der Waals surface area (Å²) in [7, 11) is 0. The SMILES string of the molecule is C=CCn1c(SCc2nc3sc4c(c3c(=O)[nH]2)CCC(C)C4)nc2cc(Cl)ccc2c1=O. The van der Waals surface area contributed by atoms with Crippen molar-refractivity contribution in [2.75, 3.05) is 0 Å². The van der Waals surface area contributed by atoms with Crippen LogP contribution in [-0.4, -0.2) is 19.5 Å². The highest BCUT2D eigenvalue weighted by molar-refractivity contribution is 7.98. The van der Waals surface area contributed by atoms with E-state index in [9.17, 15) is 9.59 Å². The number of halogens is 1. The second-order valence-electron chi connectivity index (χ2n) is 8.09. The zero-order valence-electron chi connectivity index (χ0n) is 17.5. The van der Waals surface area contributed by atoms with Crippen LogP contribution in [-0.2, 0) is 25.1 Å². The van der Waals surface area contributed by atoms with Gasteiger partial charge in [-0.1, -0.05) is 36.4 Å². The van der Waals surface area contributed by atoms with E-state index in [1.807, 2.05) is 0 Å². The molecule has 9 heteroatoms. The summed E-state index contributed by atoms with van der Waals surface area (Å²) >= 11 is 9.09. The van der Waals surface area contributed by atoms with E-state index in [0.29, 0.717) is 45.1 Å². The van der Waals surface area contributed by atoms with Gasteiger partial charge in [-0.05, 0) is 48.9 Å². The van der Waals surface area contributed by atoms with E-state index in [2.05, 4.69) is 23.5 Å². The van der Waals surface area contributed by atoms with Gasteiger partial charge < -0.3 is 4.98 Å². The van der Waals surface area contributed by atoms with Gasteiger partial charge in [0.15, 0.2) is 5.16 Å². The maximum atomic E-state index is 13.0. The van der Waals surface area contributed by atoms with E-state index < -0.39 is 0 Å². The van der Waals surface area contributed by atoms with Crippen LogP contribution in [0, 0.1) is 5.92 Å². The van der Waals surface area contributed by atoms with Crippen molar-refractivity contribution in [1.82, 2.24) is 19.5 Å². The molecule has 0 saturated heterocycles. The number of hydrogen-bond acceptors (Lipinski definition) is 6. The summed E-state index contributed by atoms with van der Waals surface area (Å²) in [5.41, 5.74) is 1.48. The summed E-state index contributed by atoms with van der Waals surface area (Å²) in [5.74, 6) is 1.60. The van der Waals surface area contributed by atoms with Crippen LogP contribution in [0.25, 0.3) is 21.1 Å². The second-order valence-corrected chi connectivity index (χ2v) is 10.6. The number of thioether (sulfide) groups is 1. The highest BCUT2D eigenvalue weighted by Crippen LogP contribution is 2.35. The molecule has 0 fully saturated rings. The predicted octanol–water partition coefficient (Wildman–Crippen LogP) is 4.95. The van der Waals surface area contributed by atoms with Crippen molar-refractivity contribution in [2.24, 2.45) is 5.92 Å². The van der Waals surface area contributed by atoms with E-state index in [0.717, 1.165) is 29.5 Å². The van der Waals surface area contributed by atoms with Gasteiger partial charge in [-0.2, -0.15) is 0 Å². The third kappa shape index (κ3) is 3.80. The Kier molecular flexibility index (Phi) is 5.69. The molecule has 0 bridgehead atoms. The Morgan fingerprint density at radius 3 is 3.03 bits per heavy atom. The molecule has 1 atom stereocenters. The number of aromatic amines is 1. The van der Waals surface area contributed by atoms with Gasteiger partial charge in [0.2, 0.25) is 0 Å². The molecule has 0 amide bonds. The first-order chi connectivity index (χ1) is 15.4. The van der Waals surface area contributed by atoms with E-state index in [1.165, 1.54) is 22.2 Å². The molecule has 5 rings (SSSR count). The number of thiophene rings is 1. The zero-order chi connectivity index (χ0) is 22.4. The lowest BCUT2D eigenvalue weighted by Gasteiger charge is -2.17. The Morgan fingerprint density at radius 1 is 1.38 bits per heavy atom. The Bertz CT molecular complexity index is 1490. The standard InChI is InChI=1S/C23H21ClN4O2S2/c1-3-8-28-22(30)14-7-5-13(24)10-16(14)25-23(28)31-11-18-26-20(29)19-15-6-4-12(2)9-17(15)32-21(19)27-18/h3,5,7,10,12H,1,4,6,8-9,11H2,2H3,(H,26,27,29). The number of aromatic nitrogens is 4. The molecule has 1 N–H and O–H groups in total. The fourth-order valence-corrected chi connectivity index (χ4v) is 6.62. The van der Waals surface area contributed by atoms with Gasteiger partial charge in [-0.3, -0.25) is 14.2 Å². The molecule has 0 saturated carbocycles. The Morgan fingerprint density at radius 2 is 2.22 bits per heavy atom. The van der Waals surface area contributed by atoms with E-state index in [4.69, 9.17) is 16.6 Å². The largest absolute Gasteiger partial charge is 0.309 e. The average Bonchev–Trinajstić information content (AvgIpc) is 3.12. The normalized spacial score (nSPS) is 15.9. The van der Waals surface area contributed by atoms with Crippen molar-refractivity contribution in [3.8, 4) is 0 Å². The van der Waals surface area contributed by atoms with Crippen LogP contribution in [0.5, 0.6) is 0 Å². The molecule has 3 aromatic heterocycles. The lowest BCUT2D eigenvalue weighted by Crippen LogP contribution is -2.23. The van der Waals surface area contributed by atoms with Gasteiger partial charge in [0.05, 0.1) is 22.0 Å². The van der Waals surface area contributed by atoms with Crippen molar-refractivity contribution in [3.05, 3.63) is 72.8 Å². The smallest absolute Gasteiger partial charge is 0.262 e. The third-order valence-electron chi connectivity index (χ3n) is 5.75. The van der Waals surface area contributed by atoms with Crippen molar-refractivity contribution >= 4 is 55.8 Å². The minimum absolute atomic E-state index is 0.0839. The number of allylic oxidation sites excluding steroid dienone is 1. The van der Waals surface area contributed by atoms with E-state index >= 15 is 0 Å². The van der Waals surface area contributed by atoms with E-state index in [-0.39, 0.29) is 11.1 Å². The summed E-state index contributed by atoms with van der Waals surface area (Å²) in [4.78, 5) is 40.3. The first kappa shape index (κ1) is 21.4. The summed E-state index contributed by atoms with van der Waals surface area (Å²) in [6, 6.07) is 5.06. The average molecular weight is 485 g/mol. The number of nitrogens with zero attached hydrogens (tertiary/aromatic N) is 3. The zero-order valence-corrected chi connectivity index (χ0v) is 19.9. The number of fused-ring (bicyclic) bond motifs is 4. The fourth-order valence-electron chi connectivity index (χ4n) is 4.17. The molecule has 32 heavy (non-hydrogen) atoms. The molecule has 0 radical (unpaired) electrons. The molecule has 1 aromatic carbocycles. The van der Waals surface area contributed by atoms with E-state index in [1.54, 1.807) is 40.2 Å². The lowest BCUT2D eigenvalue weighted by atomic mass is 9.89. The van der Waals surface area contributed by atoms with Crippen LogP contribution in [0.3, 0.4) is 0 Å². The minimum atomic E-state index is -0.147. The summed E-state index contributed by atoms with van der Waals surface area (Å²) in [6.45, 7) is 6.35. The number of rotatable bonds is 5.